The van der Waals surface area contributed by atoms with E-state index in [-0.39, 0.29) is 17.1 Å². The Morgan fingerprint density at radius 1 is 1.10 bits per heavy atom. The molecule has 0 radical (unpaired) electrons. The van der Waals surface area contributed by atoms with Crippen LogP contribution in [0.25, 0.3) is 0 Å². The summed E-state index contributed by atoms with van der Waals surface area (Å²) in [6.07, 6.45) is 0.659. The molecule has 0 aliphatic carbocycles. The number of benzene rings is 2. The number of carbonyl (C=O) groups is 2. The average molecular weight is 407 g/mol. The lowest BCUT2D eigenvalue weighted by Crippen LogP contribution is -2.40. The number of hydrogen-bond acceptors (Lipinski definition) is 6. The van der Waals surface area contributed by atoms with E-state index in [0.717, 1.165) is 0 Å². The molecule has 0 saturated heterocycles. The first-order chi connectivity index (χ1) is 14.4. The van der Waals surface area contributed by atoms with Crippen molar-refractivity contribution in [3.63, 3.8) is 0 Å². The fourth-order valence-corrected chi connectivity index (χ4v) is 3.63. The van der Waals surface area contributed by atoms with Gasteiger partial charge in [0.05, 0.1) is 11.3 Å². The molecule has 0 spiro atoms. The Morgan fingerprint density at radius 3 is 2.37 bits per heavy atom. The number of rotatable bonds is 5. The predicted molar refractivity (Wildman–Crippen MR) is 109 cm³/mol. The molecule has 1 aliphatic heterocycles. The number of carboxylic acids is 1. The van der Waals surface area contributed by atoms with Crippen LogP contribution in [0, 0.1) is 5.82 Å². The number of anilines is 3. The molecule has 152 valence electrons. The summed E-state index contributed by atoms with van der Waals surface area (Å²) in [4.78, 5) is 30.3. The van der Waals surface area contributed by atoms with Gasteiger partial charge in [-0.05, 0) is 41.5 Å². The number of nitrogens with zero attached hydrogens (tertiary/aromatic N) is 2. The Kier molecular flexibility index (Phi) is 4.71. The Hall–Kier alpha value is -4.14. The summed E-state index contributed by atoms with van der Waals surface area (Å²) in [5, 5.41) is 12.9. The van der Waals surface area contributed by atoms with Gasteiger partial charge in [-0.3, -0.25) is 4.79 Å². The van der Waals surface area contributed by atoms with Gasteiger partial charge in [0.1, 0.15) is 18.0 Å². The number of pyridine rings is 1. The molecular weight excluding hydrogens is 389 g/mol. The number of fused-ring (bicyclic) bond motifs is 1. The lowest BCUT2D eigenvalue weighted by molar-refractivity contribution is -0.119. The summed E-state index contributed by atoms with van der Waals surface area (Å²) in [7, 11) is 0. The fraction of sp³-hybridized carbons (Fsp3) is 0.0952. The van der Waals surface area contributed by atoms with Crippen LogP contribution in [0.5, 0.6) is 0 Å². The topological polar surface area (TPSA) is 135 Å². The largest absolute Gasteiger partial charge is 0.478 e. The maximum atomic E-state index is 13.5. The van der Waals surface area contributed by atoms with Crippen molar-refractivity contribution in [2.24, 2.45) is 5.73 Å². The Bertz CT molecular complexity index is 1120. The van der Waals surface area contributed by atoms with E-state index in [2.05, 4.69) is 10.3 Å². The van der Waals surface area contributed by atoms with E-state index in [0.29, 0.717) is 16.8 Å². The van der Waals surface area contributed by atoms with E-state index in [1.54, 1.807) is 41.3 Å². The summed E-state index contributed by atoms with van der Waals surface area (Å²) in [5.41, 5.74) is 13.3. The first-order valence-electron chi connectivity index (χ1n) is 9.04. The molecule has 4 rings (SSSR count). The van der Waals surface area contributed by atoms with Gasteiger partial charge in [-0.15, -0.1) is 0 Å². The molecule has 3 aromatic rings. The molecule has 2 heterocycles. The minimum absolute atomic E-state index is 0.0428. The SMILES string of the molecule is NC(=O)C(c1ccc(N)cc1)N1c2c(C(=O)O)ccnc2NC1c1ccc(F)cc1. The van der Waals surface area contributed by atoms with Gasteiger partial charge in [0.25, 0.3) is 0 Å². The number of nitrogen functional groups attached to an aromatic ring is 1. The van der Waals surface area contributed by atoms with E-state index in [9.17, 15) is 19.1 Å². The molecule has 30 heavy (non-hydrogen) atoms. The van der Waals surface area contributed by atoms with E-state index in [4.69, 9.17) is 11.5 Å². The van der Waals surface area contributed by atoms with Gasteiger partial charge in [-0.25, -0.2) is 14.2 Å². The van der Waals surface area contributed by atoms with Gasteiger partial charge in [-0.2, -0.15) is 0 Å². The number of primary amides is 1. The van der Waals surface area contributed by atoms with Crippen LogP contribution in [-0.2, 0) is 4.79 Å². The number of halogens is 1. The number of aromatic nitrogens is 1. The van der Waals surface area contributed by atoms with E-state index < -0.39 is 29.9 Å². The molecule has 0 fully saturated rings. The van der Waals surface area contributed by atoms with Crippen LogP contribution >= 0.6 is 0 Å². The van der Waals surface area contributed by atoms with Gasteiger partial charge < -0.3 is 26.8 Å². The summed E-state index contributed by atoms with van der Waals surface area (Å²) < 4.78 is 13.5. The molecule has 2 unspecified atom stereocenters. The van der Waals surface area contributed by atoms with Gasteiger partial charge in [0.2, 0.25) is 5.91 Å². The van der Waals surface area contributed by atoms with Crippen molar-refractivity contribution in [3.8, 4) is 0 Å². The zero-order valence-corrected chi connectivity index (χ0v) is 15.6. The number of nitrogens with two attached hydrogens (primary N) is 2. The quantitative estimate of drug-likeness (QED) is 0.478. The Labute approximate surface area is 170 Å². The van der Waals surface area contributed by atoms with Crippen LogP contribution in [0.1, 0.15) is 33.7 Å². The fourth-order valence-electron chi connectivity index (χ4n) is 3.63. The maximum Gasteiger partial charge on any atom is 0.338 e. The summed E-state index contributed by atoms with van der Waals surface area (Å²) >= 11 is 0. The van der Waals surface area contributed by atoms with Gasteiger partial charge in [0.15, 0.2) is 5.82 Å². The lowest BCUT2D eigenvalue weighted by Gasteiger charge is -2.34. The van der Waals surface area contributed by atoms with Crippen LogP contribution in [0.4, 0.5) is 21.6 Å². The molecule has 2 aromatic carbocycles. The third-order valence-corrected chi connectivity index (χ3v) is 4.95. The minimum Gasteiger partial charge on any atom is -0.478 e. The summed E-state index contributed by atoms with van der Waals surface area (Å²) in [5.74, 6) is -2.01. The highest BCUT2D eigenvalue weighted by molar-refractivity contribution is 6.01. The molecular formula is C21H18FN5O3. The van der Waals surface area contributed by atoms with Gasteiger partial charge >= 0.3 is 5.97 Å². The van der Waals surface area contributed by atoms with Gasteiger partial charge in [-0.1, -0.05) is 24.3 Å². The van der Waals surface area contributed by atoms with Crippen molar-refractivity contribution in [3.05, 3.63) is 83.3 Å². The van der Waals surface area contributed by atoms with E-state index in [1.165, 1.54) is 24.4 Å². The molecule has 0 saturated carbocycles. The van der Waals surface area contributed by atoms with Crippen molar-refractivity contribution in [2.45, 2.75) is 12.2 Å². The van der Waals surface area contributed by atoms with Crippen molar-refractivity contribution in [1.29, 1.82) is 0 Å². The molecule has 1 aromatic heterocycles. The van der Waals surface area contributed by atoms with Gasteiger partial charge in [0, 0.05) is 11.9 Å². The van der Waals surface area contributed by atoms with E-state index >= 15 is 0 Å². The zero-order valence-electron chi connectivity index (χ0n) is 15.6. The molecule has 0 bridgehead atoms. The van der Waals surface area contributed by atoms with Crippen molar-refractivity contribution in [1.82, 2.24) is 4.98 Å². The van der Waals surface area contributed by atoms with Crippen LogP contribution in [0.3, 0.4) is 0 Å². The standard InChI is InChI=1S/C21H18FN5O3/c22-13-5-1-12(2-6-13)20-26-19-17(15(21(29)30)9-10-25-19)27(20)16(18(24)28)11-3-7-14(23)8-4-11/h1-10,16,20H,23H2,(H2,24,28)(H,25,26)(H,29,30). The summed E-state index contributed by atoms with van der Waals surface area (Å²) in [6, 6.07) is 12.6. The number of aromatic carboxylic acids is 1. The van der Waals surface area contributed by atoms with Crippen molar-refractivity contribution >= 4 is 29.1 Å². The minimum atomic E-state index is -1.18. The number of nitrogens with one attached hydrogen (secondary N) is 1. The number of carboxylic acid groups (broad SMARTS) is 1. The second-order valence-electron chi connectivity index (χ2n) is 6.84. The number of hydrogen-bond donors (Lipinski definition) is 4. The van der Waals surface area contributed by atoms with Crippen molar-refractivity contribution in [2.75, 3.05) is 16.0 Å². The molecule has 9 heteroatoms. The van der Waals surface area contributed by atoms with Crippen LogP contribution < -0.4 is 21.7 Å². The van der Waals surface area contributed by atoms with Crippen molar-refractivity contribution < 1.29 is 19.1 Å². The Morgan fingerprint density at radius 2 is 1.77 bits per heavy atom. The van der Waals surface area contributed by atoms with Crippen LogP contribution in [0.2, 0.25) is 0 Å². The third-order valence-electron chi connectivity index (χ3n) is 4.95. The monoisotopic (exact) mass is 407 g/mol. The van der Waals surface area contributed by atoms with Crippen LogP contribution in [-0.4, -0.2) is 22.0 Å². The average Bonchev–Trinajstić information content (AvgIpc) is 3.09. The third kappa shape index (κ3) is 3.26. The highest BCUT2D eigenvalue weighted by atomic mass is 19.1. The lowest BCUT2D eigenvalue weighted by atomic mass is 10.0. The normalized spacial score (nSPS) is 15.9. The highest BCUT2D eigenvalue weighted by Gasteiger charge is 2.41. The second kappa shape index (κ2) is 7.36. The Balaban J connectivity index is 1.93. The molecule has 6 N–H and O–H groups in total. The highest BCUT2D eigenvalue weighted by Crippen LogP contribution is 2.47. The predicted octanol–water partition coefficient (Wildman–Crippen LogP) is 2.66. The first kappa shape index (κ1) is 19.2. The maximum absolute atomic E-state index is 13.5. The second-order valence-corrected chi connectivity index (χ2v) is 6.84. The summed E-state index contributed by atoms with van der Waals surface area (Å²) in [6.45, 7) is 0. The molecule has 2 atom stereocenters. The smallest absolute Gasteiger partial charge is 0.338 e. The molecule has 8 nitrogen and oxygen atoms in total. The van der Waals surface area contributed by atoms with Crippen LogP contribution in [0.15, 0.2) is 60.8 Å². The zero-order chi connectivity index (χ0) is 21.4. The van der Waals surface area contributed by atoms with E-state index in [1.807, 2.05) is 0 Å². The number of amides is 1. The first-order valence-corrected chi connectivity index (χ1v) is 9.04. The molecule has 1 amide bonds. The number of carbonyl (C=O) groups excluding carboxylic acids is 1. The molecule has 1 aliphatic rings.